The van der Waals surface area contributed by atoms with Gasteiger partial charge in [0.05, 0.1) is 23.7 Å². The number of aliphatic hydroxyl groups excluding tert-OH is 1. The topological polar surface area (TPSA) is 76.3 Å². The van der Waals surface area contributed by atoms with Gasteiger partial charge < -0.3 is 15.5 Å². The molecule has 0 rings (SSSR count). The van der Waals surface area contributed by atoms with Gasteiger partial charge in [-0.2, -0.15) is 5.26 Å². The van der Waals surface area contributed by atoms with Crippen molar-refractivity contribution < 1.29 is 10.2 Å². The van der Waals surface area contributed by atoms with Crippen LogP contribution in [0.3, 0.4) is 0 Å². The third-order valence-corrected chi connectivity index (χ3v) is 2.30. The molecule has 0 bridgehead atoms. The lowest BCUT2D eigenvalue weighted by Gasteiger charge is -2.21. The highest BCUT2D eigenvalue weighted by Gasteiger charge is 2.18. The van der Waals surface area contributed by atoms with Crippen LogP contribution in [-0.4, -0.2) is 35.5 Å². The van der Waals surface area contributed by atoms with Gasteiger partial charge in [-0.3, -0.25) is 0 Å². The lowest BCUT2D eigenvalue weighted by atomic mass is 9.90. The summed E-state index contributed by atoms with van der Waals surface area (Å²) < 4.78 is 0. The summed E-state index contributed by atoms with van der Waals surface area (Å²) in [5.74, 6) is 0. The van der Waals surface area contributed by atoms with Crippen molar-refractivity contribution in [1.29, 1.82) is 5.26 Å². The van der Waals surface area contributed by atoms with Crippen molar-refractivity contribution >= 4 is 0 Å². The minimum absolute atomic E-state index is 0.246. The van der Waals surface area contributed by atoms with Crippen LogP contribution >= 0.6 is 0 Å². The van der Waals surface area contributed by atoms with Gasteiger partial charge in [-0.15, -0.1) is 0 Å². The third kappa shape index (κ3) is 7.32. The van der Waals surface area contributed by atoms with Crippen LogP contribution < -0.4 is 5.32 Å². The maximum absolute atomic E-state index is 9.46. The molecule has 0 saturated heterocycles. The van der Waals surface area contributed by atoms with E-state index < -0.39 is 5.60 Å². The Balaban J connectivity index is 3.54. The Kier molecular flexibility index (Phi) is 5.81. The van der Waals surface area contributed by atoms with E-state index in [4.69, 9.17) is 10.4 Å². The molecule has 0 amide bonds. The van der Waals surface area contributed by atoms with E-state index in [0.29, 0.717) is 6.54 Å². The molecule has 4 heteroatoms. The normalized spacial score (nSPS) is 15.7. The summed E-state index contributed by atoms with van der Waals surface area (Å²) in [6.07, 6.45) is 1.72. The average Bonchev–Trinajstić information content (AvgIpc) is 2.17. The molecule has 1 atom stereocenters. The summed E-state index contributed by atoms with van der Waals surface area (Å²) in [7, 11) is 0. The maximum Gasteiger partial charge on any atom is 0.0972 e. The molecule has 0 aliphatic carbocycles. The second-order valence-electron chi connectivity index (χ2n) is 4.93. The van der Waals surface area contributed by atoms with E-state index in [1.807, 2.05) is 13.8 Å². The van der Waals surface area contributed by atoms with Gasteiger partial charge in [0.1, 0.15) is 0 Å². The Hall–Kier alpha value is -0.630. The highest BCUT2D eigenvalue weighted by molar-refractivity contribution is 4.91. The number of aliphatic hydroxyl groups is 2. The van der Waals surface area contributed by atoms with Crippen LogP contribution in [0.15, 0.2) is 0 Å². The van der Waals surface area contributed by atoms with Gasteiger partial charge in [-0.05, 0) is 40.2 Å². The van der Waals surface area contributed by atoms with E-state index in [1.165, 1.54) is 0 Å². The predicted molar refractivity (Wildman–Crippen MR) is 59.2 cm³/mol. The highest BCUT2D eigenvalue weighted by Crippen LogP contribution is 2.19. The largest absolute Gasteiger partial charge is 0.393 e. The van der Waals surface area contributed by atoms with Crippen LogP contribution in [0.25, 0.3) is 0 Å². The SMILES string of the molecule is CC(C)(C#N)CCCNCC(C)(O)CO. The Morgan fingerprint density at radius 2 is 1.93 bits per heavy atom. The number of nitrogens with zero attached hydrogens (tertiary/aromatic N) is 1. The van der Waals surface area contributed by atoms with E-state index in [1.54, 1.807) is 6.92 Å². The van der Waals surface area contributed by atoms with E-state index >= 15 is 0 Å². The maximum atomic E-state index is 9.46. The quantitative estimate of drug-likeness (QED) is 0.544. The molecule has 88 valence electrons. The molecule has 0 spiro atoms. The second kappa shape index (κ2) is 6.06. The second-order valence-corrected chi connectivity index (χ2v) is 4.93. The zero-order chi connectivity index (χ0) is 11.9. The van der Waals surface area contributed by atoms with Gasteiger partial charge in [0, 0.05) is 6.54 Å². The van der Waals surface area contributed by atoms with Crippen LogP contribution in [0.4, 0.5) is 0 Å². The van der Waals surface area contributed by atoms with Crippen LogP contribution in [0, 0.1) is 16.7 Å². The van der Waals surface area contributed by atoms with Crippen LogP contribution in [-0.2, 0) is 0 Å². The molecule has 0 saturated carbocycles. The van der Waals surface area contributed by atoms with E-state index in [0.717, 1.165) is 19.4 Å². The van der Waals surface area contributed by atoms with Crippen LogP contribution in [0.5, 0.6) is 0 Å². The van der Waals surface area contributed by atoms with Gasteiger partial charge in [-0.25, -0.2) is 0 Å². The molecule has 0 aromatic rings. The smallest absolute Gasteiger partial charge is 0.0972 e. The molecular formula is C11H22N2O2. The minimum atomic E-state index is -1.05. The van der Waals surface area contributed by atoms with Gasteiger partial charge >= 0.3 is 0 Å². The van der Waals surface area contributed by atoms with Crippen molar-refractivity contribution in [2.24, 2.45) is 5.41 Å². The summed E-state index contributed by atoms with van der Waals surface area (Å²) in [6.45, 7) is 6.29. The van der Waals surface area contributed by atoms with Crippen LogP contribution in [0.2, 0.25) is 0 Å². The van der Waals surface area contributed by atoms with Gasteiger partial charge in [-0.1, -0.05) is 0 Å². The summed E-state index contributed by atoms with van der Waals surface area (Å²) in [5, 5.41) is 30.1. The third-order valence-electron chi connectivity index (χ3n) is 2.30. The zero-order valence-electron chi connectivity index (χ0n) is 9.88. The standard InChI is InChI=1S/C11H22N2O2/c1-10(2,7-12)5-4-6-13-8-11(3,15)9-14/h13-15H,4-6,8-9H2,1-3H3. The van der Waals surface area contributed by atoms with Crippen molar-refractivity contribution in [2.45, 2.75) is 39.2 Å². The first-order valence-electron chi connectivity index (χ1n) is 5.28. The van der Waals surface area contributed by atoms with Crippen molar-refractivity contribution in [1.82, 2.24) is 5.32 Å². The monoisotopic (exact) mass is 214 g/mol. The molecule has 15 heavy (non-hydrogen) atoms. The molecule has 1 unspecified atom stereocenters. The lowest BCUT2D eigenvalue weighted by molar-refractivity contribution is 0.00281. The van der Waals surface area contributed by atoms with Gasteiger partial charge in [0.2, 0.25) is 0 Å². The Bertz CT molecular complexity index is 219. The number of nitrogens with one attached hydrogen (secondary N) is 1. The van der Waals surface area contributed by atoms with Crippen molar-refractivity contribution in [3.05, 3.63) is 0 Å². The fraction of sp³-hybridized carbons (Fsp3) is 0.909. The molecule has 0 fully saturated rings. The fourth-order valence-corrected chi connectivity index (χ4v) is 1.12. The first-order valence-corrected chi connectivity index (χ1v) is 5.28. The molecule has 0 radical (unpaired) electrons. The summed E-state index contributed by atoms with van der Waals surface area (Å²) in [4.78, 5) is 0. The molecule has 4 nitrogen and oxygen atoms in total. The lowest BCUT2D eigenvalue weighted by Crippen LogP contribution is -2.41. The highest BCUT2D eigenvalue weighted by atomic mass is 16.3. The first-order chi connectivity index (χ1) is 6.83. The van der Waals surface area contributed by atoms with Crippen molar-refractivity contribution in [3.63, 3.8) is 0 Å². The molecule has 0 aliphatic rings. The van der Waals surface area contributed by atoms with E-state index in [9.17, 15) is 5.11 Å². The average molecular weight is 214 g/mol. The fourth-order valence-electron chi connectivity index (χ4n) is 1.12. The number of nitriles is 1. The van der Waals surface area contributed by atoms with Crippen molar-refractivity contribution in [3.8, 4) is 6.07 Å². The Morgan fingerprint density at radius 3 is 2.40 bits per heavy atom. The molecular weight excluding hydrogens is 192 g/mol. The summed E-state index contributed by atoms with van der Waals surface area (Å²) in [6, 6.07) is 2.24. The Morgan fingerprint density at radius 1 is 1.33 bits per heavy atom. The summed E-state index contributed by atoms with van der Waals surface area (Å²) >= 11 is 0. The first kappa shape index (κ1) is 14.4. The molecule has 0 aromatic carbocycles. The molecule has 0 aromatic heterocycles. The Labute approximate surface area is 91.9 Å². The molecule has 0 heterocycles. The van der Waals surface area contributed by atoms with Crippen molar-refractivity contribution in [2.75, 3.05) is 19.7 Å². The van der Waals surface area contributed by atoms with Crippen LogP contribution in [0.1, 0.15) is 33.6 Å². The number of hydrogen-bond acceptors (Lipinski definition) is 4. The zero-order valence-corrected chi connectivity index (χ0v) is 9.88. The predicted octanol–water partition coefficient (Wildman–Crippen LogP) is 0.649. The number of hydrogen-bond donors (Lipinski definition) is 3. The van der Waals surface area contributed by atoms with Gasteiger partial charge in [0.15, 0.2) is 0 Å². The minimum Gasteiger partial charge on any atom is -0.393 e. The number of rotatable bonds is 7. The van der Waals surface area contributed by atoms with E-state index in [-0.39, 0.29) is 12.0 Å². The molecule has 0 aliphatic heterocycles. The molecule has 3 N–H and O–H groups in total. The van der Waals surface area contributed by atoms with Gasteiger partial charge in [0.25, 0.3) is 0 Å². The van der Waals surface area contributed by atoms with E-state index in [2.05, 4.69) is 11.4 Å². The summed E-state index contributed by atoms with van der Waals surface area (Å²) in [5.41, 5.74) is -1.33.